The highest BCUT2D eigenvalue weighted by molar-refractivity contribution is 5.81. The molecule has 3 N–H and O–H groups in total. The van der Waals surface area contributed by atoms with Gasteiger partial charge in [0.25, 0.3) is 5.91 Å². The lowest BCUT2D eigenvalue weighted by Crippen LogP contribution is -2.43. The number of rotatable bonds is 3. The number of ether oxygens (including phenoxy) is 1. The second-order valence-corrected chi connectivity index (χ2v) is 4.57. The molecule has 3 atom stereocenters. The van der Waals surface area contributed by atoms with Crippen molar-refractivity contribution < 1.29 is 14.6 Å². The number of hydrogen-bond acceptors (Lipinski definition) is 4. The molecule has 5 heteroatoms. The number of hydrogen-bond donors (Lipinski definition) is 2. The summed E-state index contributed by atoms with van der Waals surface area (Å²) in [5.74, 6) is 0.0347. The van der Waals surface area contributed by atoms with E-state index in [9.17, 15) is 9.90 Å². The Bertz CT molecular complexity index is 260. The molecule has 2 unspecified atom stereocenters. The largest absolute Gasteiger partial charge is 0.394 e. The van der Waals surface area contributed by atoms with Crippen molar-refractivity contribution in [3.05, 3.63) is 0 Å². The number of amides is 1. The number of carbonyl (C=O) groups is 1. The summed E-state index contributed by atoms with van der Waals surface area (Å²) in [5.41, 5.74) is 5.51. The topological polar surface area (TPSA) is 75.8 Å². The van der Waals surface area contributed by atoms with Crippen LogP contribution in [0.1, 0.15) is 25.7 Å². The molecule has 0 bridgehead atoms. The van der Waals surface area contributed by atoms with Crippen LogP contribution in [-0.4, -0.2) is 53.9 Å². The van der Waals surface area contributed by atoms with Crippen molar-refractivity contribution in [1.82, 2.24) is 4.90 Å². The maximum atomic E-state index is 12.1. The first-order valence-electron chi connectivity index (χ1n) is 6.03. The van der Waals surface area contributed by atoms with Gasteiger partial charge < -0.3 is 20.5 Å². The summed E-state index contributed by atoms with van der Waals surface area (Å²) in [7, 11) is 0. The van der Waals surface area contributed by atoms with Gasteiger partial charge in [-0.05, 0) is 25.7 Å². The zero-order valence-corrected chi connectivity index (χ0v) is 9.47. The predicted molar refractivity (Wildman–Crippen MR) is 58.8 cm³/mol. The Morgan fingerprint density at radius 3 is 2.88 bits per heavy atom. The fourth-order valence-corrected chi connectivity index (χ4v) is 2.56. The number of nitrogens with two attached hydrogens (primary N) is 1. The zero-order chi connectivity index (χ0) is 11.5. The number of likely N-dealkylation sites (tertiary alicyclic amines) is 1. The summed E-state index contributed by atoms with van der Waals surface area (Å²) in [5, 5.41) is 9.17. The molecule has 0 aromatic heterocycles. The van der Waals surface area contributed by atoms with Gasteiger partial charge in [-0.1, -0.05) is 0 Å². The molecule has 0 aliphatic carbocycles. The molecular weight excluding hydrogens is 208 g/mol. The molecule has 1 amide bonds. The Kier molecular flexibility index (Phi) is 3.78. The maximum absolute atomic E-state index is 12.1. The second-order valence-electron chi connectivity index (χ2n) is 4.57. The van der Waals surface area contributed by atoms with Crippen LogP contribution in [0.15, 0.2) is 0 Å². The van der Waals surface area contributed by atoms with Gasteiger partial charge in [-0.15, -0.1) is 0 Å². The van der Waals surface area contributed by atoms with Crippen molar-refractivity contribution in [1.29, 1.82) is 0 Å². The molecule has 0 radical (unpaired) electrons. The summed E-state index contributed by atoms with van der Waals surface area (Å²) >= 11 is 0. The van der Waals surface area contributed by atoms with Crippen molar-refractivity contribution in [2.75, 3.05) is 19.7 Å². The molecule has 5 nitrogen and oxygen atoms in total. The van der Waals surface area contributed by atoms with Crippen LogP contribution in [0.25, 0.3) is 0 Å². The molecule has 0 aromatic carbocycles. The quantitative estimate of drug-likeness (QED) is 0.681. The van der Waals surface area contributed by atoms with Gasteiger partial charge in [-0.3, -0.25) is 4.79 Å². The molecule has 0 aromatic rings. The highest BCUT2D eigenvalue weighted by atomic mass is 16.5. The Balaban J connectivity index is 1.92. The van der Waals surface area contributed by atoms with Gasteiger partial charge in [0.1, 0.15) is 6.10 Å². The third-order valence-corrected chi connectivity index (χ3v) is 3.52. The van der Waals surface area contributed by atoms with Gasteiger partial charge in [0.15, 0.2) is 0 Å². The number of aliphatic hydroxyl groups excluding tert-OH is 1. The lowest BCUT2D eigenvalue weighted by molar-refractivity contribution is -0.144. The molecule has 2 rings (SSSR count). The van der Waals surface area contributed by atoms with Gasteiger partial charge in [0, 0.05) is 13.1 Å². The van der Waals surface area contributed by atoms with Crippen LogP contribution in [0, 0.1) is 0 Å². The normalized spacial score (nSPS) is 34.6. The van der Waals surface area contributed by atoms with Crippen LogP contribution in [0.2, 0.25) is 0 Å². The highest BCUT2D eigenvalue weighted by Gasteiger charge is 2.37. The standard InChI is InChI=1S/C11H20N2O3/c12-6-9-3-4-10(16-9)11(15)13-5-1-2-8(13)7-14/h8-10,14H,1-7,12H2/t8-,9?,10?/m1/s1. The van der Waals surface area contributed by atoms with E-state index >= 15 is 0 Å². The number of nitrogens with zero attached hydrogens (tertiary/aromatic N) is 1. The van der Waals surface area contributed by atoms with Gasteiger partial charge in [-0.2, -0.15) is 0 Å². The zero-order valence-electron chi connectivity index (χ0n) is 9.47. The van der Waals surface area contributed by atoms with E-state index < -0.39 is 0 Å². The van der Waals surface area contributed by atoms with Crippen LogP contribution in [0.3, 0.4) is 0 Å². The summed E-state index contributed by atoms with van der Waals surface area (Å²) in [4.78, 5) is 13.9. The second kappa shape index (κ2) is 5.12. The van der Waals surface area contributed by atoms with Crippen molar-refractivity contribution in [2.45, 2.75) is 43.9 Å². The minimum atomic E-state index is -0.333. The van der Waals surface area contributed by atoms with E-state index in [1.807, 2.05) is 0 Å². The summed E-state index contributed by atoms with van der Waals surface area (Å²) in [6.07, 6.45) is 3.20. The molecule has 2 aliphatic heterocycles. The van der Waals surface area contributed by atoms with E-state index in [-0.39, 0.29) is 30.8 Å². The summed E-state index contributed by atoms with van der Waals surface area (Å²) in [6.45, 7) is 1.28. The molecule has 2 aliphatic rings. The van der Waals surface area contributed by atoms with E-state index in [1.165, 1.54) is 0 Å². The number of aliphatic hydroxyl groups is 1. The van der Waals surface area contributed by atoms with Crippen LogP contribution < -0.4 is 5.73 Å². The van der Waals surface area contributed by atoms with Gasteiger partial charge in [0.05, 0.1) is 18.8 Å². The third-order valence-electron chi connectivity index (χ3n) is 3.52. The van der Waals surface area contributed by atoms with E-state index in [1.54, 1.807) is 4.90 Å². The molecule has 92 valence electrons. The monoisotopic (exact) mass is 228 g/mol. The van der Waals surface area contributed by atoms with E-state index in [0.717, 1.165) is 32.2 Å². The van der Waals surface area contributed by atoms with Crippen LogP contribution >= 0.6 is 0 Å². The Hall–Kier alpha value is -0.650. The van der Waals surface area contributed by atoms with E-state index in [4.69, 9.17) is 10.5 Å². The fourth-order valence-electron chi connectivity index (χ4n) is 2.56. The third kappa shape index (κ3) is 2.21. The smallest absolute Gasteiger partial charge is 0.252 e. The molecule has 16 heavy (non-hydrogen) atoms. The van der Waals surface area contributed by atoms with E-state index in [0.29, 0.717) is 6.54 Å². The SMILES string of the molecule is NCC1CCC(C(=O)N2CCC[C@@H]2CO)O1. The molecule has 0 spiro atoms. The van der Waals surface area contributed by atoms with Crippen molar-refractivity contribution >= 4 is 5.91 Å². The molecule has 0 saturated carbocycles. The first-order valence-corrected chi connectivity index (χ1v) is 6.03. The Morgan fingerprint density at radius 1 is 1.44 bits per heavy atom. The number of carbonyl (C=O) groups excluding carboxylic acids is 1. The minimum Gasteiger partial charge on any atom is -0.394 e. The van der Waals surface area contributed by atoms with Gasteiger partial charge >= 0.3 is 0 Å². The van der Waals surface area contributed by atoms with Gasteiger partial charge in [-0.25, -0.2) is 0 Å². The van der Waals surface area contributed by atoms with Crippen molar-refractivity contribution in [3.63, 3.8) is 0 Å². The van der Waals surface area contributed by atoms with Gasteiger partial charge in [0.2, 0.25) is 0 Å². The fraction of sp³-hybridized carbons (Fsp3) is 0.909. The van der Waals surface area contributed by atoms with Crippen LogP contribution in [0.4, 0.5) is 0 Å². The lowest BCUT2D eigenvalue weighted by atomic mass is 10.1. The minimum absolute atomic E-state index is 0.00646. The average molecular weight is 228 g/mol. The van der Waals surface area contributed by atoms with Crippen molar-refractivity contribution in [3.8, 4) is 0 Å². The Labute approximate surface area is 95.5 Å². The summed E-state index contributed by atoms with van der Waals surface area (Å²) in [6, 6.07) is -0.00646. The Morgan fingerprint density at radius 2 is 2.25 bits per heavy atom. The molecule has 2 fully saturated rings. The first-order chi connectivity index (χ1) is 7.76. The molecule has 2 heterocycles. The maximum Gasteiger partial charge on any atom is 0.252 e. The van der Waals surface area contributed by atoms with E-state index in [2.05, 4.69) is 0 Å². The van der Waals surface area contributed by atoms with Crippen LogP contribution in [-0.2, 0) is 9.53 Å². The highest BCUT2D eigenvalue weighted by Crippen LogP contribution is 2.24. The molecular formula is C11H20N2O3. The lowest BCUT2D eigenvalue weighted by Gasteiger charge is -2.26. The molecule has 2 saturated heterocycles. The van der Waals surface area contributed by atoms with Crippen LogP contribution in [0.5, 0.6) is 0 Å². The first kappa shape index (κ1) is 11.8. The van der Waals surface area contributed by atoms with Crippen molar-refractivity contribution in [2.24, 2.45) is 5.73 Å². The predicted octanol–water partition coefficient (Wildman–Crippen LogP) is -0.524. The average Bonchev–Trinajstić information content (AvgIpc) is 2.96. The summed E-state index contributed by atoms with van der Waals surface area (Å²) < 4.78 is 5.58.